The molecular formula is C13H23N3O. The van der Waals surface area contributed by atoms with Crippen LogP contribution in [0.25, 0.3) is 0 Å². The maximum Gasteiger partial charge on any atom is 0.0597 e. The molecule has 0 aromatic carbocycles. The van der Waals surface area contributed by atoms with E-state index in [9.17, 15) is 5.11 Å². The molecule has 1 aromatic heterocycles. The Morgan fingerprint density at radius 3 is 2.71 bits per heavy atom. The van der Waals surface area contributed by atoms with Crippen LogP contribution in [0.5, 0.6) is 0 Å². The van der Waals surface area contributed by atoms with E-state index in [1.165, 1.54) is 31.4 Å². The van der Waals surface area contributed by atoms with Crippen molar-refractivity contribution in [2.75, 3.05) is 13.2 Å². The van der Waals surface area contributed by atoms with E-state index in [0.717, 1.165) is 18.8 Å². The van der Waals surface area contributed by atoms with Crippen molar-refractivity contribution in [3.8, 4) is 0 Å². The van der Waals surface area contributed by atoms with Crippen LogP contribution < -0.4 is 0 Å². The summed E-state index contributed by atoms with van der Waals surface area (Å²) >= 11 is 0. The molecule has 0 radical (unpaired) electrons. The molecule has 1 aromatic rings. The number of aryl methyl sites for hydroxylation is 2. The summed E-state index contributed by atoms with van der Waals surface area (Å²) in [5.74, 6) is 0. The number of hydrogen-bond donors (Lipinski definition) is 1. The normalized spacial score (nSPS) is 17.2. The number of rotatable bonds is 5. The van der Waals surface area contributed by atoms with E-state index in [1.807, 2.05) is 18.7 Å². The van der Waals surface area contributed by atoms with Gasteiger partial charge in [-0.05, 0) is 25.8 Å². The number of nitrogens with zero attached hydrogens (tertiary/aromatic N) is 3. The molecule has 4 nitrogen and oxygen atoms in total. The van der Waals surface area contributed by atoms with Crippen molar-refractivity contribution in [2.24, 2.45) is 7.05 Å². The van der Waals surface area contributed by atoms with Crippen LogP contribution in [0.3, 0.4) is 0 Å². The van der Waals surface area contributed by atoms with Crippen LogP contribution in [0.2, 0.25) is 0 Å². The summed E-state index contributed by atoms with van der Waals surface area (Å²) in [5.41, 5.74) is 2.31. The molecule has 96 valence electrons. The van der Waals surface area contributed by atoms with E-state index in [-0.39, 0.29) is 6.61 Å². The molecule has 0 unspecified atom stereocenters. The second-order valence-corrected chi connectivity index (χ2v) is 5.03. The van der Waals surface area contributed by atoms with Gasteiger partial charge in [0, 0.05) is 26.2 Å². The van der Waals surface area contributed by atoms with Gasteiger partial charge in [0.15, 0.2) is 0 Å². The Bertz CT molecular complexity index is 356. The van der Waals surface area contributed by atoms with Gasteiger partial charge in [0.1, 0.15) is 0 Å². The lowest BCUT2D eigenvalue weighted by Gasteiger charge is -2.27. The van der Waals surface area contributed by atoms with Gasteiger partial charge in [-0.1, -0.05) is 12.8 Å². The highest BCUT2D eigenvalue weighted by atomic mass is 16.3. The van der Waals surface area contributed by atoms with Crippen LogP contribution in [0.1, 0.15) is 37.1 Å². The first-order valence-electron chi connectivity index (χ1n) is 6.55. The van der Waals surface area contributed by atoms with E-state index in [0.29, 0.717) is 6.04 Å². The SMILES string of the molecule is Cc1cc(CN(CCO)C2CCCC2)n(C)n1. The minimum absolute atomic E-state index is 0.243. The minimum Gasteiger partial charge on any atom is -0.395 e. The number of aliphatic hydroxyl groups excluding tert-OH is 1. The van der Waals surface area contributed by atoms with Crippen molar-refractivity contribution in [3.63, 3.8) is 0 Å². The number of aromatic nitrogens is 2. The molecule has 1 N–H and O–H groups in total. The first-order valence-corrected chi connectivity index (χ1v) is 6.55. The summed E-state index contributed by atoms with van der Waals surface area (Å²) in [6.07, 6.45) is 5.21. The van der Waals surface area contributed by atoms with Crippen LogP contribution in [0.4, 0.5) is 0 Å². The third-order valence-electron chi connectivity index (χ3n) is 3.69. The smallest absolute Gasteiger partial charge is 0.0597 e. The fraction of sp³-hybridized carbons (Fsp3) is 0.769. The van der Waals surface area contributed by atoms with Gasteiger partial charge >= 0.3 is 0 Å². The molecule has 0 aliphatic heterocycles. The van der Waals surface area contributed by atoms with Gasteiger partial charge in [-0.25, -0.2) is 0 Å². The first kappa shape index (κ1) is 12.6. The Kier molecular flexibility index (Phi) is 4.18. The molecule has 17 heavy (non-hydrogen) atoms. The lowest BCUT2D eigenvalue weighted by Crippen LogP contribution is -2.35. The highest BCUT2D eigenvalue weighted by molar-refractivity contribution is 5.08. The van der Waals surface area contributed by atoms with Crippen molar-refractivity contribution >= 4 is 0 Å². The molecule has 4 heteroatoms. The average molecular weight is 237 g/mol. The van der Waals surface area contributed by atoms with E-state index >= 15 is 0 Å². The summed E-state index contributed by atoms with van der Waals surface area (Å²) in [4.78, 5) is 2.41. The van der Waals surface area contributed by atoms with Gasteiger partial charge in [0.05, 0.1) is 18.0 Å². The first-order chi connectivity index (χ1) is 8.20. The highest BCUT2D eigenvalue weighted by Gasteiger charge is 2.23. The molecule has 1 aliphatic carbocycles. The fourth-order valence-electron chi connectivity index (χ4n) is 2.81. The fourth-order valence-corrected chi connectivity index (χ4v) is 2.81. The monoisotopic (exact) mass is 237 g/mol. The topological polar surface area (TPSA) is 41.3 Å². The quantitative estimate of drug-likeness (QED) is 0.843. The molecule has 2 rings (SSSR count). The Labute approximate surface area is 103 Å². The maximum atomic E-state index is 9.19. The van der Waals surface area contributed by atoms with Crippen LogP contribution >= 0.6 is 0 Å². The Balaban J connectivity index is 2.03. The number of hydrogen-bond acceptors (Lipinski definition) is 3. The molecule has 0 saturated heterocycles. The summed E-state index contributed by atoms with van der Waals surface area (Å²) in [5, 5.41) is 13.6. The van der Waals surface area contributed by atoms with Crippen LogP contribution in [0, 0.1) is 6.92 Å². The maximum absolute atomic E-state index is 9.19. The molecule has 0 bridgehead atoms. The molecular weight excluding hydrogens is 214 g/mol. The molecule has 1 heterocycles. The summed E-state index contributed by atoms with van der Waals surface area (Å²) in [7, 11) is 1.99. The van der Waals surface area contributed by atoms with Crippen LogP contribution in [0.15, 0.2) is 6.07 Å². The zero-order chi connectivity index (χ0) is 12.3. The van der Waals surface area contributed by atoms with E-state index in [1.54, 1.807) is 0 Å². The lowest BCUT2D eigenvalue weighted by molar-refractivity contribution is 0.142. The largest absolute Gasteiger partial charge is 0.395 e. The Morgan fingerprint density at radius 2 is 2.18 bits per heavy atom. The summed E-state index contributed by atoms with van der Waals surface area (Å²) < 4.78 is 1.95. The average Bonchev–Trinajstić information content (AvgIpc) is 2.88. The standard InChI is InChI=1S/C13H23N3O/c1-11-9-13(15(2)14-11)10-16(7-8-17)12-5-3-4-6-12/h9,12,17H,3-8,10H2,1-2H3. The van der Waals surface area contributed by atoms with Gasteiger partial charge in [-0.2, -0.15) is 5.10 Å². The summed E-state index contributed by atoms with van der Waals surface area (Å²) in [6.45, 7) is 3.94. The third kappa shape index (κ3) is 3.07. The molecule has 1 saturated carbocycles. The van der Waals surface area contributed by atoms with E-state index in [4.69, 9.17) is 0 Å². The van der Waals surface area contributed by atoms with Crippen molar-refractivity contribution in [1.82, 2.24) is 14.7 Å². The number of aliphatic hydroxyl groups is 1. The molecule has 0 amide bonds. The van der Waals surface area contributed by atoms with Crippen molar-refractivity contribution in [3.05, 3.63) is 17.5 Å². The van der Waals surface area contributed by atoms with Crippen LogP contribution in [-0.4, -0.2) is 39.0 Å². The van der Waals surface area contributed by atoms with Gasteiger partial charge in [-0.3, -0.25) is 9.58 Å². The Morgan fingerprint density at radius 1 is 1.47 bits per heavy atom. The van der Waals surface area contributed by atoms with E-state index in [2.05, 4.69) is 16.1 Å². The van der Waals surface area contributed by atoms with Crippen molar-refractivity contribution < 1.29 is 5.11 Å². The molecule has 0 spiro atoms. The predicted octanol–water partition coefficient (Wildman–Crippen LogP) is 1.47. The summed E-state index contributed by atoms with van der Waals surface area (Å²) in [6, 6.07) is 2.79. The zero-order valence-electron chi connectivity index (χ0n) is 10.9. The van der Waals surface area contributed by atoms with Gasteiger partial charge in [-0.15, -0.1) is 0 Å². The van der Waals surface area contributed by atoms with Crippen molar-refractivity contribution in [2.45, 2.75) is 45.2 Å². The molecule has 1 aliphatic rings. The third-order valence-corrected chi connectivity index (χ3v) is 3.69. The van der Waals surface area contributed by atoms with Gasteiger partial charge in [0.2, 0.25) is 0 Å². The van der Waals surface area contributed by atoms with Crippen LogP contribution in [-0.2, 0) is 13.6 Å². The minimum atomic E-state index is 0.243. The zero-order valence-corrected chi connectivity index (χ0v) is 10.9. The van der Waals surface area contributed by atoms with Gasteiger partial charge < -0.3 is 5.11 Å². The Hall–Kier alpha value is -0.870. The van der Waals surface area contributed by atoms with Crippen molar-refractivity contribution in [1.29, 1.82) is 0 Å². The second kappa shape index (κ2) is 5.65. The van der Waals surface area contributed by atoms with Gasteiger partial charge in [0.25, 0.3) is 0 Å². The van der Waals surface area contributed by atoms with E-state index < -0.39 is 0 Å². The molecule has 0 atom stereocenters. The molecule has 1 fully saturated rings. The predicted molar refractivity (Wildman–Crippen MR) is 67.7 cm³/mol. The lowest BCUT2D eigenvalue weighted by atomic mass is 10.2. The highest BCUT2D eigenvalue weighted by Crippen LogP contribution is 2.24. The second-order valence-electron chi connectivity index (χ2n) is 5.03.